The number of ketones is 2. The molecule has 0 bridgehead atoms. The van der Waals surface area contributed by atoms with Crippen molar-refractivity contribution in [1.82, 2.24) is 10.2 Å². The SMILES string of the molecule is CC(=O)NCc1cc(-c2ccc(F)cc2)c2c(c1O)C(O)=C1C(=O)[C@]3(O)C(O)=C(C(N)=O)C(=O)[C@@H](N(C)C)[C@@H]3C[C@@H]1C2. The number of hydrogen-bond acceptors (Lipinski definition) is 9. The maximum atomic E-state index is 14.1. The summed E-state index contributed by atoms with van der Waals surface area (Å²) in [5, 5.41) is 48.2. The summed E-state index contributed by atoms with van der Waals surface area (Å²) in [7, 11) is 3.05. The van der Waals surface area contributed by atoms with Crippen molar-refractivity contribution in [3.05, 3.63) is 69.7 Å². The number of phenolic OH excluding ortho intramolecular Hbond substituents is 1. The van der Waals surface area contributed by atoms with Crippen molar-refractivity contribution in [2.45, 2.75) is 38.0 Å². The molecule has 0 aromatic heterocycles. The molecule has 3 aliphatic rings. The molecule has 2 amide bonds. The first-order valence-corrected chi connectivity index (χ1v) is 13.2. The van der Waals surface area contributed by atoms with Crippen LogP contribution in [0.1, 0.15) is 30.0 Å². The van der Waals surface area contributed by atoms with Crippen LogP contribution in [0, 0.1) is 17.7 Å². The van der Waals surface area contributed by atoms with Gasteiger partial charge in [0, 0.05) is 30.5 Å². The van der Waals surface area contributed by atoms with E-state index in [1.165, 1.54) is 50.2 Å². The number of phenols is 1. The summed E-state index contributed by atoms with van der Waals surface area (Å²) in [6.45, 7) is 1.15. The Morgan fingerprint density at radius 2 is 1.79 bits per heavy atom. The highest BCUT2D eigenvalue weighted by molar-refractivity contribution is 6.24. The van der Waals surface area contributed by atoms with E-state index in [1.807, 2.05) is 0 Å². The third-order valence-corrected chi connectivity index (χ3v) is 8.48. The fourth-order valence-corrected chi connectivity index (χ4v) is 6.61. The number of aliphatic hydroxyl groups is 3. The molecule has 2 aromatic rings. The number of hydrogen-bond donors (Lipinski definition) is 6. The lowest BCUT2D eigenvalue weighted by molar-refractivity contribution is -0.153. The fraction of sp³-hybridized carbons (Fsp3) is 0.333. The van der Waals surface area contributed by atoms with Crippen LogP contribution in [0.15, 0.2) is 47.2 Å². The van der Waals surface area contributed by atoms with Crippen LogP contribution in [0.5, 0.6) is 5.75 Å². The predicted octanol–water partition coefficient (Wildman–Crippen LogP) is 1.41. The monoisotopic (exact) mass is 579 g/mol. The molecule has 0 spiro atoms. The fourth-order valence-electron chi connectivity index (χ4n) is 6.61. The number of aliphatic hydroxyl groups excluding tert-OH is 2. The number of likely N-dealkylation sites (N-methyl/N-ethyl adjacent to an activating group) is 1. The van der Waals surface area contributed by atoms with Gasteiger partial charge in [-0.25, -0.2) is 4.39 Å². The van der Waals surface area contributed by atoms with E-state index in [0.717, 1.165) is 0 Å². The van der Waals surface area contributed by atoms with Gasteiger partial charge in [-0.1, -0.05) is 12.1 Å². The summed E-state index contributed by atoms with van der Waals surface area (Å²) >= 11 is 0. The van der Waals surface area contributed by atoms with Crippen molar-refractivity contribution in [2.75, 3.05) is 14.1 Å². The van der Waals surface area contributed by atoms with E-state index in [9.17, 15) is 44.0 Å². The molecule has 42 heavy (non-hydrogen) atoms. The molecule has 12 heteroatoms. The molecule has 0 radical (unpaired) electrons. The molecule has 2 aromatic carbocycles. The lowest BCUT2D eigenvalue weighted by atomic mass is 9.57. The maximum absolute atomic E-state index is 14.1. The number of amides is 2. The molecule has 4 atom stereocenters. The Hall–Kier alpha value is -4.55. The Bertz CT molecular complexity index is 1630. The third kappa shape index (κ3) is 4.17. The van der Waals surface area contributed by atoms with Crippen LogP contribution >= 0.6 is 0 Å². The molecule has 7 N–H and O–H groups in total. The standard InChI is InChI=1S/C30H30FN3O8/c1-12(35)33-11-15-9-17(13-4-6-16(31)7-5-13)18-8-14-10-19-23(34(2)3)26(38)22(29(32)41)28(40)30(19,42)27(39)20(14)25(37)21(18)24(15)36/h4-7,9,14,19,23,36-37,40,42H,8,10-11H2,1-3H3,(H2,32,41)(H,33,35)/t14-,19-,23-,30-/m0/s1. The number of primary amides is 1. The van der Waals surface area contributed by atoms with Crippen molar-refractivity contribution >= 4 is 29.1 Å². The van der Waals surface area contributed by atoms with Crippen LogP contribution in [0.4, 0.5) is 4.39 Å². The molecule has 0 aliphatic heterocycles. The molecular formula is C30H30FN3O8. The Balaban J connectivity index is 1.76. The van der Waals surface area contributed by atoms with Crippen molar-refractivity contribution in [1.29, 1.82) is 0 Å². The first kappa shape index (κ1) is 29.0. The highest BCUT2D eigenvalue weighted by Crippen LogP contribution is 2.54. The minimum Gasteiger partial charge on any atom is -0.508 e. The number of benzene rings is 2. The van der Waals surface area contributed by atoms with Gasteiger partial charge in [0.1, 0.15) is 28.7 Å². The summed E-state index contributed by atoms with van der Waals surface area (Å²) < 4.78 is 13.8. The van der Waals surface area contributed by atoms with Gasteiger partial charge in [-0.3, -0.25) is 24.1 Å². The lowest BCUT2D eigenvalue weighted by Gasteiger charge is -2.50. The summed E-state index contributed by atoms with van der Waals surface area (Å²) in [5.41, 5.74) is 2.97. The topological polar surface area (TPSA) is 190 Å². The van der Waals surface area contributed by atoms with Crippen LogP contribution < -0.4 is 11.1 Å². The van der Waals surface area contributed by atoms with Crippen LogP contribution in [0.2, 0.25) is 0 Å². The van der Waals surface area contributed by atoms with Crippen LogP contribution in [-0.4, -0.2) is 74.4 Å². The van der Waals surface area contributed by atoms with Gasteiger partial charge in [0.15, 0.2) is 11.4 Å². The van der Waals surface area contributed by atoms with Gasteiger partial charge in [0.05, 0.1) is 11.6 Å². The minimum absolute atomic E-state index is 0.0647. The van der Waals surface area contributed by atoms with E-state index in [-0.39, 0.29) is 42.0 Å². The lowest BCUT2D eigenvalue weighted by Crippen LogP contribution is -2.65. The van der Waals surface area contributed by atoms with Crippen molar-refractivity contribution in [2.24, 2.45) is 17.6 Å². The van der Waals surface area contributed by atoms with E-state index in [2.05, 4.69) is 5.32 Å². The number of rotatable bonds is 5. The average molecular weight is 580 g/mol. The van der Waals surface area contributed by atoms with Gasteiger partial charge >= 0.3 is 0 Å². The number of halogens is 1. The number of Topliss-reactive ketones (excluding diaryl/α,β-unsaturated/α-hetero) is 2. The van der Waals surface area contributed by atoms with E-state index < -0.39 is 69.6 Å². The Labute approximate surface area is 239 Å². The Morgan fingerprint density at radius 3 is 2.36 bits per heavy atom. The molecule has 1 saturated carbocycles. The van der Waals surface area contributed by atoms with Gasteiger partial charge in [-0.15, -0.1) is 0 Å². The van der Waals surface area contributed by atoms with E-state index in [4.69, 9.17) is 5.73 Å². The second kappa shape index (κ2) is 10.1. The van der Waals surface area contributed by atoms with Crippen LogP contribution in [0.25, 0.3) is 16.9 Å². The summed E-state index contributed by atoms with van der Waals surface area (Å²) in [6.07, 6.45) is -0.00174. The first-order chi connectivity index (χ1) is 19.7. The summed E-state index contributed by atoms with van der Waals surface area (Å²) in [4.78, 5) is 52.5. The third-order valence-electron chi connectivity index (χ3n) is 8.48. The normalized spacial score (nSPS) is 25.2. The minimum atomic E-state index is -2.76. The van der Waals surface area contributed by atoms with E-state index in [0.29, 0.717) is 16.7 Å². The number of carbonyl (C=O) groups is 4. The van der Waals surface area contributed by atoms with E-state index >= 15 is 0 Å². The maximum Gasteiger partial charge on any atom is 0.255 e. The smallest absolute Gasteiger partial charge is 0.255 e. The molecule has 3 aliphatic carbocycles. The summed E-state index contributed by atoms with van der Waals surface area (Å²) in [5.74, 6) is -8.38. The van der Waals surface area contributed by atoms with E-state index in [1.54, 1.807) is 6.07 Å². The van der Waals surface area contributed by atoms with Crippen molar-refractivity contribution in [3.63, 3.8) is 0 Å². The van der Waals surface area contributed by atoms with Crippen molar-refractivity contribution < 1.29 is 44.0 Å². The molecule has 0 heterocycles. The van der Waals surface area contributed by atoms with Gasteiger partial charge in [0.25, 0.3) is 5.91 Å². The highest BCUT2D eigenvalue weighted by Gasteiger charge is 2.64. The molecule has 220 valence electrons. The van der Waals surface area contributed by atoms with Gasteiger partial charge in [-0.05, 0) is 67.7 Å². The highest BCUT2D eigenvalue weighted by atomic mass is 19.1. The molecule has 0 saturated heterocycles. The van der Waals surface area contributed by atoms with Gasteiger partial charge < -0.3 is 31.5 Å². The molecule has 5 rings (SSSR count). The Morgan fingerprint density at radius 1 is 1.14 bits per heavy atom. The predicted molar refractivity (Wildman–Crippen MR) is 147 cm³/mol. The average Bonchev–Trinajstić information content (AvgIpc) is 2.90. The molecule has 1 fully saturated rings. The van der Waals surface area contributed by atoms with Crippen LogP contribution in [-0.2, 0) is 32.1 Å². The second-order valence-electron chi connectivity index (χ2n) is 11.2. The van der Waals surface area contributed by atoms with Gasteiger partial charge in [-0.2, -0.15) is 0 Å². The molecule has 11 nitrogen and oxygen atoms in total. The first-order valence-electron chi connectivity index (χ1n) is 13.2. The van der Waals surface area contributed by atoms with Crippen molar-refractivity contribution in [3.8, 4) is 16.9 Å². The van der Waals surface area contributed by atoms with Crippen LogP contribution in [0.3, 0.4) is 0 Å². The number of carbonyl (C=O) groups excluding carboxylic acids is 4. The zero-order valence-corrected chi connectivity index (χ0v) is 23.1. The number of fused-ring (bicyclic) bond motifs is 3. The quantitative estimate of drug-likeness (QED) is 0.284. The number of nitrogens with zero attached hydrogens (tertiary/aromatic N) is 1. The zero-order valence-electron chi connectivity index (χ0n) is 23.1. The zero-order chi connectivity index (χ0) is 30.8. The largest absolute Gasteiger partial charge is 0.508 e. The van der Waals surface area contributed by atoms with Gasteiger partial charge in [0.2, 0.25) is 11.7 Å². The Kier molecular flexibility index (Phi) is 6.94. The number of nitrogens with one attached hydrogen (secondary N) is 1. The molecule has 0 unspecified atom stereocenters. The number of nitrogens with two attached hydrogens (primary N) is 1. The summed E-state index contributed by atoms with van der Waals surface area (Å²) in [6, 6.07) is 5.93. The number of aromatic hydroxyl groups is 1. The second-order valence-corrected chi connectivity index (χ2v) is 11.2. The molecular weight excluding hydrogens is 549 g/mol.